The molecule has 2 N–H and O–H groups in total. The Bertz CT molecular complexity index is 203. The number of carbonyl (C=O) groups is 1. The molecule has 0 amide bonds. The van der Waals surface area contributed by atoms with E-state index >= 15 is 0 Å². The van der Waals surface area contributed by atoms with Gasteiger partial charge in [0, 0.05) is 6.42 Å². The SMILES string of the molecule is CC(C)C(=O)OC1CCOS1(O)O. The van der Waals surface area contributed by atoms with E-state index in [0.717, 1.165) is 0 Å². The second-order valence-corrected chi connectivity index (χ2v) is 5.01. The van der Waals surface area contributed by atoms with E-state index in [-0.39, 0.29) is 12.5 Å². The van der Waals surface area contributed by atoms with Crippen molar-refractivity contribution in [2.45, 2.75) is 25.7 Å². The third-order valence-corrected chi connectivity index (χ3v) is 3.20. The summed E-state index contributed by atoms with van der Waals surface area (Å²) in [6.45, 7) is 3.59. The first-order valence-corrected chi connectivity index (χ1v) is 5.59. The number of ether oxygens (including phenoxy) is 1. The lowest BCUT2D eigenvalue weighted by Gasteiger charge is -2.26. The van der Waals surface area contributed by atoms with Crippen molar-refractivity contribution < 1.29 is 22.8 Å². The van der Waals surface area contributed by atoms with Crippen molar-refractivity contribution in [3.63, 3.8) is 0 Å². The van der Waals surface area contributed by atoms with Crippen LogP contribution in [0.4, 0.5) is 0 Å². The van der Waals surface area contributed by atoms with Crippen molar-refractivity contribution in [2.24, 2.45) is 5.92 Å². The molecule has 1 heterocycles. The van der Waals surface area contributed by atoms with Crippen molar-refractivity contribution in [1.29, 1.82) is 0 Å². The van der Waals surface area contributed by atoms with E-state index < -0.39 is 22.3 Å². The van der Waals surface area contributed by atoms with E-state index in [2.05, 4.69) is 4.18 Å². The van der Waals surface area contributed by atoms with Crippen LogP contribution < -0.4 is 0 Å². The van der Waals surface area contributed by atoms with E-state index in [1.807, 2.05) is 0 Å². The molecule has 0 aromatic heterocycles. The van der Waals surface area contributed by atoms with Crippen molar-refractivity contribution >= 4 is 16.8 Å². The van der Waals surface area contributed by atoms with Crippen LogP contribution in [0.3, 0.4) is 0 Å². The first kappa shape index (κ1) is 10.8. The molecule has 13 heavy (non-hydrogen) atoms. The fourth-order valence-corrected chi connectivity index (χ4v) is 2.00. The predicted molar refractivity (Wildman–Crippen MR) is 48.1 cm³/mol. The molecule has 0 aromatic carbocycles. The van der Waals surface area contributed by atoms with Gasteiger partial charge in [0.2, 0.25) is 5.44 Å². The van der Waals surface area contributed by atoms with Crippen LogP contribution in [0.2, 0.25) is 0 Å². The molecule has 0 spiro atoms. The molecule has 0 radical (unpaired) electrons. The average molecular weight is 210 g/mol. The van der Waals surface area contributed by atoms with Crippen molar-refractivity contribution in [3.8, 4) is 0 Å². The molecule has 78 valence electrons. The quantitative estimate of drug-likeness (QED) is 0.677. The van der Waals surface area contributed by atoms with Gasteiger partial charge in [-0.3, -0.25) is 8.98 Å². The summed E-state index contributed by atoms with van der Waals surface area (Å²) < 4.78 is 28.0. The molecule has 0 aliphatic carbocycles. The number of hydrogen-bond donors (Lipinski definition) is 2. The number of esters is 1. The van der Waals surface area contributed by atoms with E-state index in [0.29, 0.717) is 6.42 Å². The Labute approximate surface area is 78.6 Å². The highest BCUT2D eigenvalue weighted by Crippen LogP contribution is 2.52. The molecule has 6 heteroatoms. The monoisotopic (exact) mass is 210 g/mol. The highest BCUT2D eigenvalue weighted by atomic mass is 32.3. The Kier molecular flexibility index (Phi) is 3.18. The molecule has 1 unspecified atom stereocenters. The number of hydrogen-bond acceptors (Lipinski definition) is 5. The molecule has 5 nitrogen and oxygen atoms in total. The summed E-state index contributed by atoms with van der Waals surface area (Å²) >= 11 is 0. The molecule has 0 bridgehead atoms. The average Bonchev–Trinajstić information content (AvgIpc) is 2.30. The largest absolute Gasteiger partial charge is 0.446 e. The van der Waals surface area contributed by atoms with Crippen LogP contribution in [-0.4, -0.2) is 27.1 Å². The maximum absolute atomic E-state index is 11.1. The summed E-state index contributed by atoms with van der Waals surface area (Å²) in [7, 11) is -3.16. The normalized spacial score (nSPS) is 28.8. The fourth-order valence-electron chi connectivity index (χ4n) is 0.884. The second kappa shape index (κ2) is 3.83. The van der Waals surface area contributed by atoms with E-state index in [1.165, 1.54) is 0 Å². The molecule has 1 atom stereocenters. The van der Waals surface area contributed by atoms with Crippen molar-refractivity contribution in [3.05, 3.63) is 0 Å². The van der Waals surface area contributed by atoms with Gasteiger partial charge in [0.25, 0.3) is 0 Å². The van der Waals surface area contributed by atoms with Gasteiger partial charge in [-0.15, -0.1) is 0 Å². The predicted octanol–water partition coefficient (Wildman–Crippen LogP) is 1.60. The van der Waals surface area contributed by atoms with Crippen LogP contribution in [-0.2, 0) is 13.7 Å². The molecule has 1 saturated heterocycles. The molecule has 1 aliphatic rings. The summed E-state index contributed by atoms with van der Waals surface area (Å²) in [6, 6.07) is 0. The molecule has 0 aromatic rings. The summed E-state index contributed by atoms with van der Waals surface area (Å²) in [6.07, 6.45) is 0.348. The van der Waals surface area contributed by atoms with Crippen LogP contribution in [0.15, 0.2) is 0 Å². The highest BCUT2D eigenvalue weighted by Gasteiger charge is 2.39. The summed E-state index contributed by atoms with van der Waals surface area (Å²) in [5.41, 5.74) is -0.887. The standard InChI is InChI=1S/C7H14O5S/c1-5(2)7(8)12-6-3-4-11-13(6,9)10/h5-6,9-10H,3-4H2,1-2H3. The third-order valence-electron chi connectivity index (χ3n) is 1.67. The van der Waals surface area contributed by atoms with Crippen LogP contribution in [0.1, 0.15) is 20.3 Å². The van der Waals surface area contributed by atoms with Gasteiger partial charge in [-0.2, -0.15) is 0 Å². The van der Waals surface area contributed by atoms with E-state index in [1.54, 1.807) is 13.8 Å². The molecule has 1 rings (SSSR count). The van der Waals surface area contributed by atoms with Crippen LogP contribution in [0.25, 0.3) is 0 Å². The van der Waals surface area contributed by atoms with Gasteiger partial charge in [-0.25, -0.2) is 0 Å². The maximum atomic E-state index is 11.1. The summed E-state index contributed by atoms with van der Waals surface area (Å²) in [5.74, 6) is -0.703. The Hall–Kier alpha value is -0.300. The highest BCUT2D eigenvalue weighted by molar-refractivity contribution is 8.20. The lowest BCUT2D eigenvalue weighted by Crippen LogP contribution is -2.23. The smallest absolute Gasteiger partial charge is 0.309 e. The Morgan fingerprint density at radius 2 is 2.23 bits per heavy atom. The zero-order valence-corrected chi connectivity index (χ0v) is 8.41. The van der Waals surface area contributed by atoms with Crippen molar-refractivity contribution in [1.82, 2.24) is 0 Å². The molecular weight excluding hydrogens is 196 g/mol. The van der Waals surface area contributed by atoms with Gasteiger partial charge in [-0.05, 0) is 0 Å². The van der Waals surface area contributed by atoms with E-state index in [9.17, 15) is 13.9 Å². The minimum Gasteiger partial charge on any atom is -0.446 e. The summed E-state index contributed by atoms with van der Waals surface area (Å²) in [5, 5.41) is 0. The van der Waals surface area contributed by atoms with Gasteiger partial charge in [0.15, 0.2) is 0 Å². The fraction of sp³-hybridized carbons (Fsp3) is 0.857. The lowest BCUT2D eigenvalue weighted by atomic mass is 10.2. The lowest BCUT2D eigenvalue weighted by molar-refractivity contribution is -0.149. The Morgan fingerprint density at radius 3 is 2.62 bits per heavy atom. The second-order valence-electron chi connectivity index (χ2n) is 3.17. The molecule has 1 fully saturated rings. The topological polar surface area (TPSA) is 76.0 Å². The molecule has 0 saturated carbocycles. The Morgan fingerprint density at radius 1 is 1.62 bits per heavy atom. The zero-order valence-electron chi connectivity index (χ0n) is 7.60. The first-order valence-electron chi connectivity index (χ1n) is 4.05. The summed E-state index contributed by atoms with van der Waals surface area (Å²) in [4.78, 5) is 11.1. The number of rotatable bonds is 2. The zero-order chi connectivity index (χ0) is 10.1. The minimum absolute atomic E-state index is 0.221. The van der Waals surface area contributed by atoms with Gasteiger partial charge in [-0.1, -0.05) is 13.8 Å². The minimum atomic E-state index is -3.16. The maximum Gasteiger partial charge on any atom is 0.309 e. The van der Waals surface area contributed by atoms with Gasteiger partial charge in [0.1, 0.15) is 10.9 Å². The first-order chi connectivity index (χ1) is 5.93. The molecular formula is C7H14O5S. The van der Waals surface area contributed by atoms with Gasteiger partial charge < -0.3 is 13.8 Å². The third kappa shape index (κ3) is 2.57. The van der Waals surface area contributed by atoms with Gasteiger partial charge in [0.05, 0.1) is 12.5 Å². The van der Waals surface area contributed by atoms with Crippen LogP contribution >= 0.6 is 10.9 Å². The van der Waals surface area contributed by atoms with Crippen LogP contribution in [0, 0.1) is 5.92 Å². The Balaban J connectivity index is 2.50. The number of carbonyl (C=O) groups excluding carboxylic acids is 1. The van der Waals surface area contributed by atoms with Crippen molar-refractivity contribution in [2.75, 3.05) is 6.61 Å². The molecule has 1 aliphatic heterocycles. The van der Waals surface area contributed by atoms with E-state index in [4.69, 9.17) is 4.74 Å². The van der Waals surface area contributed by atoms with Crippen LogP contribution in [0.5, 0.6) is 0 Å². The van der Waals surface area contributed by atoms with Gasteiger partial charge >= 0.3 is 5.97 Å².